The van der Waals surface area contributed by atoms with Crippen LogP contribution in [0, 0.1) is 6.92 Å². The van der Waals surface area contributed by atoms with Gasteiger partial charge in [-0.1, -0.05) is 0 Å². The molecule has 1 spiro atoms. The summed E-state index contributed by atoms with van der Waals surface area (Å²) < 4.78 is 49.3. The Kier molecular flexibility index (Phi) is 6.96. The Labute approximate surface area is 224 Å². The van der Waals surface area contributed by atoms with Gasteiger partial charge in [-0.25, -0.2) is 4.98 Å². The predicted octanol–water partition coefficient (Wildman–Crippen LogP) is 5.73. The number of benzene rings is 2. The molecule has 0 saturated carbocycles. The lowest BCUT2D eigenvalue weighted by Crippen LogP contribution is -2.69. The van der Waals surface area contributed by atoms with Crippen molar-refractivity contribution < 1.29 is 32.2 Å². The van der Waals surface area contributed by atoms with Gasteiger partial charge in [-0.3, -0.25) is 9.59 Å². The predicted molar refractivity (Wildman–Crippen MR) is 137 cm³/mol. The standard InChI is InChI=1S/C29H28F3N3O4/c1-19-4-13-24(25(33-19)38-2)27(37)35-17-15-28(35)14-3-16-34(18-28)26(36)20-5-9-22(10-6-20)39-23-11-7-21(8-12-23)29(30,31)32/h4-13H,3,14-18H2,1-2H3. The van der Waals surface area contributed by atoms with Crippen LogP contribution < -0.4 is 9.47 Å². The number of likely N-dealkylation sites (tertiary alicyclic amines) is 2. The van der Waals surface area contributed by atoms with Crippen LogP contribution in [0.15, 0.2) is 60.7 Å². The van der Waals surface area contributed by atoms with E-state index in [1.807, 2.05) is 11.8 Å². The number of piperidine rings is 1. The fraction of sp³-hybridized carbons (Fsp3) is 0.345. The largest absolute Gasteiger partial charge is 0.480 e. The van der Waals surface area contributed by atoms with Crippen LogP contribution >= 0.6 is 0 Å². The maximum atomic E-state index is 13.4. The highest BCUT2D eigenvalue weighted by molar-refractivity contribution is 5.98. The van der Waals surface area contributed by atoms with Gasteiger partial charge in [-0.15, -0.1) is 0 Å². The zero-order chi connectivity index (χ0) is 27.8. The van der Waals surface area contributed by atoms with Gasteiger partial charge >= 0.3 is 6.18 Å². The number of amides is 2. The first-order chi connectivity index (χ1) is 18.6. The summed E-state index contributed by atoms with van der Waals surface area (Å²) in [6, 6.07) is 14.4. The fourth-order valence-corrected chi connectivity index (χ4v) is 5.26. The molecular weight excluding hydrogens is 511 g/mol. The topological polar surface area (TPSA) is 72.0 Å². The van der Waals surface area contributed by atoms with Crippen molar-refractivity contribution in [2.24, 2.45) is 0 Å². The van der Waals surface area contributed by atoms with Gasteiger partial charge in [0.2, 0.25) is 5.88 Å². The summed E-state index contributed by atoms with van der Waals surface area (Å²) >= 11 is 0. The lowest BCUT2D eigenvalue weighted by Gasteiger charge is -2.57. The second kappa shape index (κ2) is 10.2. The number of alkyl halides is 3. The molecule has 39 heavy (non-hydrogen) atoms. The zero-order valence-electron chi connectivity index (χ0n) is 21.6. The molecule has 5 rings (SSSR count). The molecule has 3 heterocycles. The first kappa shape index (κ1) is 26.5. The molecule has 0 bridgehead atoms. The number of aromatic nitrogens is 1. The van der Waals surface area contributed by atoms with E-state index in [0.717, 1.165) is 37.1 Å². The monoisotopic (exact) mass is 539 g/mol. The van der Waals surface area contributed by atoms with Gasteiger partial charge in [0, 0.05) is 30.9 Å². The number of nitrogens with zero attached hydrogens (tertiary/aromatic N) is 3. The number of pyridine rings is 1. The molecule has 2 aliphatic rings. The fourth-order valence-electron chi connectivity index (χ4n) is 5.26. The Morgan fingerprint density at radius 3 is 2.15 bits per heavy atom. The van der Waals surface area contributed by atoms with E-state index in [0.29, 0.717) is 42.4 Å². The lowest BCUT2D eigenvalue weighted by molar-refractivity contribution is -0.137. The van der Waals surface area contributed by atoms with E-state index in [2.05, 4.69) is 4.98 Å². The van der Waals surface area contributed by atoms with Crippen molar-refractivity contribution in [2.75, 3.05) is 26.7 Å². The summed E-state index contributed by atoms with van der Waals surface area (Å²) in [7, 11) is 1.49. The minimum Gasteiger partial charge on any atom is -0.480 e. The molecule has 1 aromatic heterocycles. The van der Waals surface area contributed by atoms with Gasteiger partial charge in [0.05, 0.1) is 18.2 Å². The van der Waals surface area contributed by atoms with Gasteiger partial charge in [-0.05, 0) is 86.8 Å². The summed E-state index contributed by atoms with van der Waals surface area (Å²) in [5.74, 6) is 0.658. The third-order valence-electron chi connectivity index (χ3n) is 7.40. The number of hydrogen-bond donors (Lipinski definition) is 0. The van der Waals surface area contributed by atoms with E-state index in [1.165, 1.54) is 19.2 Å². The molecule has 0 N–H and O–H groups in total. The normalized spacial score (nSPS) is 19.0. The number of ether oxygens (including phenoxy) is 2. The van der Waals surface area contributed by atoms with E-state index in [9.17, 15) is 22.8 Å². The molecule has 2 aromatic carbocycles. The van der Waals surface area contributed by atoms with Crippen molar-refractivity contribution in [2.45, 2.75) is 37.9 Å². The van der Waals surface area contributed by atoms with E-state index in [1.54, 1.807) is 41.3 Å². The molecule has 0 radical (unpaired) electrons. The molecule has 2 aliphatic heterocycles. The summed E-state index contributed by atoms with van der Waals surface area (Å²) in [6.07, 6.45) is -2.02. The summed E-state index contributed by atoms with van der Waals surface area (Å²) in [4.78, 5) is 34.7. The van der Waals surface area contributed by atoms with Gasteiger partial charge in [-0.2, -0.15) is 13.2 Å². The van der Waals surface area contributed by atoms with Gasteiger partial charge in [0.1, 0.15) is 17.1 Å². The number of carbonyl (C=O) groups is 2. The molecular formula is C29H28F3N3O4. The average Bonchev–Trinajstić information content (AvgIpc) is 2.92. The number of rotatable bonds is 5. The van der Waals surface area contributed by atoms with E-state index >= 15 is 0 Å². The molecule has 2 saturated heterocycles. The van der Waals surface area contributed by atoms with Crippen LogP contribution in [-0.4, -0.2) is 58.9 Å². The van der Waals surface area contributed by atoms with Gasteiger partial charge in [0.15, 0.2) is 0 Å². The van der Waals surface area contributed by atoms with Crippen LogP contribution in [0.4, 0.5) is 13.2 Å². The van der Waals surface area contributed by atoms with Crippen molar-refractivity contribution >= 4 is 11.8 Å². The zero-order valence-corrected chi connectivity index (χ0v) is 21.6. The number of halogens is 3. The second-order valence-electron chi connectivity index (χ2n) is 9.92. The maximum Gasteiger partial charge on any atom is 0.416 e. The number of hydrogen-bond acceptors (Lipinski definition) is 5. The van der Waals surface area contributed by atoms with Crippen LogP contribution in [0.2, 0.25) is 0 Å². The highest BCUT2D eigenvalue weighted by atomic mass is 19.4. The molecule has 1 atom stereocenters. The minimum atomic E-state index is -4.41. The van der Waals surface area contributed by atoms with Crippen molar-refractivity contribution in [1.82, 2.24) is 14.8 Å². The molecule has 7 nitrogen and oxygen atoms in total. The third-order valence-corrected chi connectivity index (χ3v) is 7.40. The maximum absolute atomic E-state index is 13.4. The Hall–Kier alpha value is -4.08. The van der Waals surface area contributed by atoms with Gasteiger partial charge in [0.25, 0.3) is 11.8 Å². The molecule has 0 aliphatic carbocycles. The van der Waals surface area contributed by atoms with Crippen LogP contribution in [0.5, 0.6) is 17.4 Å². The third kappa shape index (κ3) is 5.28. The second-order valence-corrected chi connectivity index (χ2v) is 9.92. The van der Waals surface area contributed by atoms with E-state index < -0.39 is 17.3 Å². The SMILES string of the molecule is COc1nc(C)ccc1C(=O)N1CCC12CCCN(C(=O)c1ccc(Oc3ccc(C(F)(F)F)cc3)cc1)C2. The van der Waals surface area contributed by atoms with Crippen LogP contribution in [0.1, 0.15) is 51.2 Å². The summed E-state index contributed by atoms with van der Waals surface area (Å²) in [6.45, 7) is 3.46. The lowest BCUT2D eigenvalue weighted by atomic mass is 9.77. The van der Waals surface area contributed by atoms with Crippen LogP contribution in [0.25, 0.3) is 0 Å². The molecule has 1 unspecified atom stereocenters. The Morgan fingerprint density at radius 1 is 0.897 bits per heavy atom. The number of carbonyl (C=O) groups excluding carboxylic acids is 2. The van der Waals surface area contributed by atoms with E-state index in [-0.39, 0.29) is 17.6 Å². The van der Waals surface area contributed by atoms with Crippen molar-refractivity contribution in [3.63, 3.8) is 0 Å². The van der Waals surface area contributed by atoms with Crippen LogP contribution in [0.3, 0.4) is 0 Å². The Morgan fingerprint density at radius 2 is 1.56 bits per heavy atom. The molecule has 2 fully saturated rings. The van der Waals surface area contributed by atoms with Crippen LogP contribution in [-0.2, 0) is 6.18 Å². The van der Waals surface area contributed by atoms with Crippen molar-refractivity contribution in [3.8, 4) is 17.4 Å². The first-order valence-electron chi connectivity index (χ1n) is 12.7. The Balaban J connectivity index is 1.25. The Bertz CT molecular complexity index is 1380. The number of methoxy groups -OCH3 is 1. The molecule has 10 heteroatoms. The van der Waals surface area contributed by atoms with Crippen molar-refractivity contribution in [3.05, 3.63) is 83.0 Å². The van der Waals surface area contributed by atoms with E-state index in [4.69, 9.17) is 9.47 Å². The van der Waals surface area contributed by atoms with Crippen molar-refractivity contribution in [1.29, 1.82) is 0 Å². The first-order valence-corrected chi connectivity index (χ1v) is 12.7. The van der Waals surface area contributed by atoms with Gasteiger partial charge < -0.3 is 19.3 Å². The molecule has 3 aromatic rings. The highest BCUT2D eigenvalue weighted by Gasteiger charge is 2.51. The smallest absolute Gasteiger partial charge is 0.416 e. The molecule has 2 amide bonds. The minimum absolute atomic E-state index is 0.148. The summed E-state index contributed by atoms with van der Waals surface area (Å²) in [5, 5.41) is 0. The quantitative estimate of drug-likeness (QED) is 0.414. The molecule has 204 valence electrons. The highest BCUT2D eigenvalue weighted by Crippen LogP contribution is 2.41. The average molecular weight is 540 g/mol. The summed E-state index contributed by atoms with van der Waals surface area (Å²) in [5.41, 5.74) is 0.457. The number of aryl methyl sites for hydroxylation is 1.